The van der Waals surface area contributed by atoms with Crippen LogP contribution in [0, 0.1) is 0 Å². The second-order valence-corrected chi connectivity index (χ2v) is 7.21. The van der Waals surface area contributed by atoms with Crippen molar-refractivity contribution in [1.29, 1.82) is 0 Å². The standard InChI is InChI=1S/C23H24N2O7/c1-28-11-8-24(23(27)20-5-3-10-30-20)15-22(26)25(14-18-4-2-9-29-18)13-17-6-7-19-21(12-17)32-16-31-19/h2-7,9-10,12H,8,11,13-16H2,1H3. The molecule has 168 valence electrons. The second-order valence-electron chi connectivity index (χ2n) is 7.21. The molecule has 32 heavy (non-hydrogen) atoms. The van der Waals surface area contributed by atoms with E-state index < -0.39 is 0 Å². The van der Waals surface area contributed by atoms with Crippen LogP contribution in [0.5, 0.6) is 11.5 Å². The lowest BCUT2D eigenvalue weighted by Gasteiger charge is -2.27. The van der Waals surface area contributed by atoms with Gasteiger partial charge in [-0.05, 0) is 42.0 Å². The van der Waals surface area contributed by atoms with E-state index in [0.717, 1.165) is 5.56 Å². The van der Waals surface area contributed by atoms with Gasteiger partial charge in [-0.25, -0.2) is 0 Å². The molecule has 0 atom stereocenters. The summed E-state index contributed by atoms with van der Waals surface area (Å²) >= 11 is 0. The molecular weight excluding hydrogens is 416 g/mol. The number of amides is 2. The van der Waals surface area contributed by atoms with Crippen molar-refractivity contribution < 1.29 is 32.6 Å². The average Bonchev–Trinajstić information content (AvgIpc) is 3.57. The molecule has 1 aliphatic rings. The first kappa shape index (κ1) is 21.5. The number of rotatable bonds is 10. The fraction of sp³-hybridized carbons (Fsp3) is 0.304. The van der Waals surface area contributed by atoms with Crippen molar-refractivity contribution in [3.05, 3.63) is 72.1 Å². The first-order chi connectivity index (χ1) is 15.6. The van der Waals surface area contributed by atoms with E-state index in [1.54, 1.807) is 42.5 Å². The predicted octanol–water partition coefficient (Wildman–Crippen LogP) is 2.92. The summed E-state index contributed by atoms with van der Waals surface area (Å²) in [4.78, 5) is 29.2. The fourth-order valence-electron chi connectivity index (χ4n) is 3.36. The molecule has 0 N–H and O–H groups in total. The monoisotopic (exact) mass is 440 g/mol. The van der Waals surface area contributed by atoms with Gasteiger partial charge >= 0.3 is 0 Å². The Labute approximate surface area is 185 Å². The molecule has 2 amide bonds. The van der Waals surface area contributed by atoms with Crippen LogP contribution in [-0.2, 0) is 22.6 Å². The summed E-state index contributed by atoms with van der Waals surface area (Å²) in [5.74, 6) is 1.51. The Bertz CT molecular complexity index is 1030. The lowest BCUT2D eigenvalue weighted by Crippen LogP contribution is -2.43. The molecule has 0 radical (unpaired) electrons. The van der Waals surface area contributed by atoms with Crippen LogP contribution in [0.4, 0.5) is 0 Å². The van der Waals surface area contributed by atoms with Crippen LogP contribution in [0.2, 0.25) is 0 Å². The van der Waals surface area contributed by atoms with Crippen LogP contribution in [-0.4, -0.2) is 55.2 Å². The van der Waals surface area contributed by atoms with Gasteiger partial charge in [-0.1, -0.05) is 6.07 Å². The lowest BCUT2D eigenvalue weighted by atomic mass is 10.2. The Morgan fingerprint density at radius 3 is 2.53 bits per heavy atom. The number of methoxy groups -OCH3 is 1. The van der Waals surface area contributed by atoms with Gasteiger partial charge in [0, 0.05) is 20.2 Å². The van der Waals surface area contributed by atoms with Crippen LogP contribution in [0.25, 0.3) is 0 Å². The quantitative estimate of drug-likeness (QED) is 0.478. The van der Waals surface area contributed by atoms with E-state index in [2.05, 4.69) is 0 Å². The summed E-state index contributed by atoms with van der Waals surface area (Å²) in [7, 11) is 1.54. The highest BCUT2D eigenvalue weighted by molar-refractivity contribution is 5.94. The van der Waals surface area contributed by atoms with E-state index in [4.69, 9.17) is 23.0 Å². The summed E-state index contributed by atoms with van der Waals surface area (Å²) in [5.41, 5.74) is 0.870. The highest BCUT2D eigenvalue weighted by atomic mass is 16.7. The number of nitrogens with zero attached hydrogens (tertiary/aromatic N) is 2. The largest absolute Gasteiger partial charge is 0.467 e. The van der Waals surface area contributed by atoms with E-state index >= 15 is 0 Å². The SMILES string of the molecule is COCCN(CC(=O)N(Cc1ccc2c(c1)OCO2)Cc1ccco1)C(=O)c1ccco1. The molecule has 0 unspecified atom stereocenters. The van der Waals surface area contributed by atoms with E-state index in [1.165, 1.54) is 11.2 Å². The van der Waals surface area contributed by atoms with Gasteiger partial charge in [0.15, 0.2) is 17.3 Å². The number of carbonyl (C=O) groups is 2. The topological polar surface area (TPSA) is 94.6 Å². The first-order valence-electron chi connectivity index (χ1n) is 10.1. The van der Waals surface area contributed by atoms with Crippen LogP contribution >= 0.6 is 0 Å². The molecule has 0 bridgehead atoms. The molecule has 9 nitrogen and oxygen atoms in total. The van der Waals surface area contributed by atoms with Crippen molar-refractivity contribution in [3.63, 3.8) is 0 Å². The van der Waals surface area contributed by atoms with Crippen molar-refractivity contribution >= 4 is 11.8 Å². The Kier molecular flexibility index (Phi) is 6.76. The van der Waals surface area contributed by atoms with Crippen molar-refractivity contribution in [2.45, 2.75) is 13.1 Å². The number of fused-ring (bicyclic) bond motifs is 1. The van der Waals surface area contributed by atoms with Crippen molar-refractivity contribution in [1.82, 2.24) is 9.80 Å². The summed E-state index contributed by atoms with van der Waals surface area (Å²) < 4.78 is 26.6. The van der Waals surface area contributed by atoms with Crippen molar-refractivity contribution in [2.24, 2.45) is 0 Å². The molecule has 1 aromatic carbocycles. The van der Waals surface area contributed by atoms with Gasteiger partial charge in [-0.3, -0.25) is 9.59 Å². The highest BCUT2D eigenvalue weighted by Gasteiger charge is 2.25. The molecule has 3 aromatic rings. The van der Waals surface area contributed by atoms with Crippen LogP contribution in [0.1, 0.15) is 21.9 Å². The molecule has 3 heterocycles. The zero-order valence-corrected chi connectivity index (χ0v) is 17.7. The number of carbonyl (C=O) groups excluding carboxylic acids is 2. The number of hydrogen-bond donors (Lipinski definition) is 0. The number of benzene rings is 1. The summed E-state index contributed by atoms with van der Waals surface area (Å²) in [5, 5.41) is 0. The van der Waals surface area contributed by atoms with Gasteiger partial charge in [0.05, 0.1) is 25.7 Å². The maximum Gasteiger partial charge on any atom is 0.290 e. The predicted molar refractivity (Wildman–Crippen MR) is 112 cm³/mol. The van der Waals surface area contributed by atoms with Gasteiger partial charge in [-0.15, -0.1) is 0 Å². The third-order valence-corrected chi connectivity index (χ3v) is 5.00. The number of hydrogen-bond acceptors (Lipinski definition) is 7. The minimum absolute atomic E-state index is 0.131. The molecule has 1 aliphatic heterocycles. The highest BCUT2D eigenvalue weighted by Crippen LogP contribution is 2.33. The third kappa shape index (κ3) is 5.12. The normalized spacial score (nSPS) is 12.0. The third-order valence-electron chi connectivity index (χ3n) is 5.00. The maximum absolute atomic E-state index is 13.3. The van der Waals surface area contributed by atoms with Crippen LogP contribution < -0.4 is 9.47 Å². The zero-order valence-electron chi connectivity index (χ0n) is 17.7. The van der Waals surface area contributed by atoms with Gasteiger partial charge in [0.1, 0.15) is 12.3 Å². The molecule has 4 rings (SSSR count). The lowest BCUT2D eigenvalue weighted by molar-refractivity contribution is -0.133. The minimum atomic E-state index is -0.374. The second kappa shape index (κ2) is 10.1. The molecule has 9 heteroatoms. The Morgan fingerprint density at radius 1 is 0.969 bits per heavy atom. The molecule has 0 saturated carbocycles. The van der Waals surface area contributed by atoms with E-state index in [1.807, 2.05) is 18.2 Å². The minimum Gasteiger partial charge on any atom is -0.467 e. The molecule has 0 fully saturated rings. The Morgan fingerprint density at radius 2 is 1.78 bits per heavy atom. The molecule has 0 saturated heterocycles. The van der Waals surface area contributed by atoms with Crippen molar-refractivity contribution in [2.75, 3.05) is 33.6 Å². The van der Waals surface area contributed by atoms with Crippen LogP contribution in [0.15, 0.2) is 63.8 Å². The van der Waals surface area contributed by atoms with Crippen molar-refractivity contribution in [3.8, 4) is 11.5 Å². The van der Waals surface area contributed by atoms with Crippen LogP contribution in [0.3, 0.4) is 0 Å². The Balaban J connectivity index is 1.52. The smallest absolute Gasteiger partial charge is 0.290 e. The van der Waals surface area contributed by atoms with E-state index in [0.29, 0.717) is 30.4 Å². The maximum atomic E-state index is 13.3. The summed E-state index contributed by atoms with van der Waals surface area (Å²) in [6.07, 6.45) is 2.98. The van der Waals surface area contributed by atoms with Gasteiger partial charge in [0.25, 0.3) is 5.91 Å². The first-order valence-corrected chi connectivity index (χ1v) is 10.1. The number of furan rings is 2. The molecule has 0 spiro atoms. The van der Waals surface area contributed by atoms with E-state index in [-0.39, 0.29) is 44.0 Å². The average molecular weight is 440 g/mol. The Hall–Kier alpha value is -3.72. The molecule has 2 aromatic heterocycles. The number of ether oxygens (including phenoxy) is 3. The zero-order chi connectivity index (χ0) is 22.3. The summed E-state index contributed by atoms with van der Waals surface area (Å²) in [6.45, 7) is 1.16. The van der Waals surface area contributed by atoms with Gasteiger partial charge in [0.2, 0.25) is 12.7 Å². The fourth-order valence-corrected chi connectivity index (χ4v) is 3.36. The summed E-state index contributed by atoms with van der Waals surface area (Å²) in [6, 6.07) is 12.3. The molecule has 0 aliphatic carbocycles. The van der Waals surface area contributed by atoms with E-state index in [9.17, 15) is 9.59 Å². The van der Waals surface area contributed by atoms with Gasteiger partial charge in [-0.2, -0.15) is 0 Å². The van der Waals surface area contributed by atoms with Gasteiger partial charge < -0.3 is 32.8 Å². The molecular formula is C23H24N2O7.